The van der Waals surface area contributed by atoms with E-state index in [4.69, 9.17) is 14.2 Å². The first-order valence-corrected chi connectivity index (χ1v) is 12.8. The molecule has 4 atom stereocenters. The minimum absolute atomic E-state index is 0.00924. The van der Waals surface area contributed by atoms with E-state index in [1.807, 2.05) is 78.9 Å². The third kappa shape index (κ3) is 6.50. The quantitative estimate of drug-likeness (QED) is 0.464. The summed E-state index contributed by atoms with van der Waals surface area (Å²) in [6.45, 7) is 1.42. The van der Waals surface area contributed by atoms with Crippen molar-refractivity contribution in [3.63, 3.8) is 0 Å². The van der Waals surface area contributed by atoms with E-state index in [1.165, 1.54) is 0 Å². The van der Waals surface area contributed by atoms with Crippen LogP contribution in [0, 0.1) is 0 Å². The van der Waals surface area contributed by atoms with Crippen LogP contribution in [0.2, 0.25) is 5.32 Å². The van der Waals surface area contributed by atoms with E-state index >= 15 is 0 Å². The molecule has 1 saturated heterocycles. The molecule has 4 nitrogen and oxygen atoms in total. The van der Waals surface area contributed by atoms with E-state index in [9.17, 15) is 5.11 Å². The molecule has 4 rings (SSSR count). The molecule has 0 aliphatic carbocycles. The first kappa shape index (κ1) is 22.2. The fraction of sp³-hybridized carbons (Fsp3) is 0.308. The molecule has 5 heteroatoms. The zero-order valence-electron chi connectivity index (χ0n) is 17.4. The molecule has 162 valence electrons. The number of hydrogen-bond donors (Lipinski definition) is 1. The molecule has 0 bridgehead atoms. The Morgan fingerprint density at radius 3 is 1.52 bits per heavy atom. The molecule has 1 fully saturated rings. The molecule has 1 heterocycles. The number of rotatable bonds is 9. The average Bonchev–Trinajstić information content (AvgIpc) is 2.83. The Morgan fingerprint density at radius 2 is 1.03 bits per heavy atom. The van der Waals surface area contributed by atoms with Crippen molar-refractivity contribution in [1.82, 2.24) is 0 Å². The third-order valence-electron chi connectivity index (χ3n) is 5.28. The molecular weight excluding hydrogens is 455 g/mol. The number of ether oxygens (including phenoxy) is 3. The fourth-order valence-electron chi connectivity index (χ4n) is 3.59. The van der Waals surface area contributed by atoms with Gasteiger partial charge in [-0.15, -0.1) is 0 Å². The Labute approximate surface area is 190 Å². The Balaban J connectivity index is 1.46. The summed E-state index contributed by atoms with van der Waals surface area (Å²) in [5.74, 6) is 0. The number of aliphatic hydroxyl groups excluding tert-OH is 1. The van der Waals surface area contributed by atoms with Gasteiger partial charge >= 0.3 is 190 Å². The Bertz CT molecular complexity index is 891. The molecule has 0 radical (unpaired) electrons. The zero-order chi connectivity index (χ0) is 21.3. The summed E-state index contributed by atoms with van der Waals surface area (Å²) in [6, 6.07) is 30.3. The van der Waals surface area contributed by atoms with Crippen LogP contribution in [0.5, 0.6) is 0 Å². The van der Waals surface area contributed by atoms with Gasteiger partial charge in [0.25, 0.3) is 0 Å². The van der Waals surface area contributed by atoms with Crippen molar-refractivity contribution in [2.75, 3.05) is 0 Å². The van der Waals surface area contributed by atoms with Crippen LogP contribution in [0.4, 0.5) is 0 Å². The van der Waals surface area contributed by atoms with Crippen LogP contribution in [0.1, 0.15) is 16.7 Å². The van der Waals surface area contributed by atoms with Gasteiger partial charge in [-0.1, -0.05) is 0 Å². The van der Waals surface area contributed by atoms with Gasteiger partial charge in [-0.25, -0.2) is 0 Å². The predicted molar refractivity (Wildman–Crippen MR) is 122 cm³/mol. The van der Waals surface area contributed by atoms with Gasteiger partial charge in [-0.2, -0.15) is 0 Å². The monoisotopic (exact) mass is 484 g/mol. The van der Waals surface area contributed by atoms with Crippen LogP contribution in [-0.2, 0) is 34.0 Å². The van der Waals surface area contributed by atoms with Gasteiger partial charge in [0.1, 0.15) is 0 Å². The second kappa shape index (κ2) is 11.6. The average molecular weight is 483 g/mol. The molecule has 1 aliphatic rings. The second-order valence-corrected chi connectivity index (χ2v) is 9.99. The Kier molecular flexibility index (Phi) is 8.30. The van der Waals surface area contributed by atoms with Gasteiger partial charge in [0.05, 0.1) is 0 Å². The van der Waals surface area contributed by atoms with E-state index < -0.39 is 11.1 Å². The maximum atomic E-state index is 10.8. The third-order valence-corrected chi connectivity index (χ3v) is 7.65. The van der Waals surface area contributed by atoms with Crippen molar-refractivity contribution in [1.29, 1.82) is 0 Å². The molecular formula is C26H28O4Se. The molecule has 0 amide bonds. The summed E-state index contributed by atoms with van der Waals surface area (Å²) in [6.07, 6.45) is -0.871. The van der Waals surface area contributed by atoms with Crippen LogP contribution < -0.4 is 0 Å². The minimum atomic E-state index is -0.520. The molecule has 0 spiro atoms. The van der Waals surface area contributed by atoms with Crippen molar-refractivity contribution < 1.29 is 19.3 Å². The van der Waals surface area contributed by atoms with Crippen molar-refractivity contribution in [2.24, 2.45) is 0 Å². The number of benzene rings is 3. The SMILES string of the molecule is OC1[Se]C[C@@H](OCc2ccccc2)[C@@H](OCc2ccccc2)[C@H]1OCc1ccccc1. The Morgan fingerprint density at radius 1 is 0.613 bits per heavy atom. The summed E-state index contributed by atoms with van der Waals surface area (Å²) in [4.78, 5) is 0. The Hall–Kier alpha value is -1.98. The number of aliphatic hydroxyl groups is 1. The first-order valence-electron chi connectivity index (χ1n) is 10.6. The summed E-state index contributed by atoms with van der Waals surface area (Å²) < 4.78 is 18.9. The molecule has 1 unspecified atom stereocenters. The summed E-state index contributed by atoms with van der Waals surface area (Å²) in [5, 5.41) is 11.1. The summed E-state index contributed by atoms with van der Waals surface area (Å²) in [7, 11) is 0. The van der Waals surface area contributed by atoms with E-state index in [-0.39, 0.29) is 27.2 Å². The van der Waals surface area contributed by atoms with Crippen LogP contribution in [0.3, 0.4) is 0 Å². The summed E-state index contributed by atoms with van der Waals surface area (Å²) in [5.41, 5.74) is 3.30. The number of hydrogen-bond acceptors (Lipinski definition) is 4. The van der Waals surface area contributed by atoms with Crippen molar-refractivity contribution in [2.45, 2.75) is 48.5 Å². The van der Waals surface area contributed by atoms with E-state index in [2.05, 4.69) is 12.1 Å². The summed E-state index contributed by atoms with van der Waals surface area (Å²) >= 11 is 0.00924. The molecule has 3 aromatic rings. The molecule has 1 aliphatic heterocycles. The molecule has 1 N–H and O–H groups in total. The second-order valence-electron chi connectivity index (χ2n) is 7.58. The van der Waals surface area contributed by atoms with Crippen molar-refractivity contribution in [3.05, 3.63) is 108 Å². The van der Waals surface area contributed by atoms with Gasteiger partial charge < -0.3 is 0 Å². The van der Waals surface area contributed by atoms with Gasteiger partial charge in [0, 0.05) is 0 Å². The molecule has 3 aromatic carbocycles. The van der Waals surface area contributed by atoms with E-state index in [1.54, 1.807) is 0 Å². The van der Waals surface area contributed by atoms with Gasteiger partial charge in [0.15, 0.2) is 0 Å². The van der Waals surface area contributed by atoms with E-state index in [0.717, 1.165) is 22.0 Å². The standard InChI is InChI=1S/C26H28O4Se/c27-26-25(30-18-22-14-8-3-9-15-22)24(29-17-21-12-6-2-7-13-21)23(19-31-26)28-16-20-10-4-1-5-11-20/h1-15,23-27H,16-19H2/t23-,24-,25-,26?/m1/s1. The predicted octanol–water partition coefficient (Wildman–Crippen LogP) is 4.20. The molecule has 0 aromatic heterocycles. The molecule has 31 heavy (non-hydrogen) atoms. The topological polar surface area (TPSA) is 47.9 Å². The van der Waals surface area contributed by atoms with E-state index in [0.29, 0.717) is 19.8 Å². The van der Waals surface area contributed by atoms with Gasteiger partial charge in [0.2, 0.25) is 0 Å². The van der Waals surface area contributed by atoms with Gasteiger partial charge in [-0.05, 0) is 0 Å². The van der Waals surface area contributed by atoms with Crippen molar-refractivity contribution >= 4 is 15.0 Å². The zero-order valence-corrected chi connectivity index (χ0v) is 19.1. The van der Waals surface area contributed by atoms with Crippen LogP contribution in [0.15, 0.2) is 91.0 Å². The molecule has 0 saturated carbocycles. The first-order chi connectivity index (χ1) is 15.3. The van der Waals surface area contributed by atoms with Crippen LogP contribution >= 0.6 is 0 Å². The fourth-order valence-corrected chi connectivity index (χ4v) is 5.89. The van der Waals surface area contributed by atoms with Crippen molar-refractivity contribution in [3.8, 4) is 0 Å². The van der Waals surface area contributed by atoms with Crippen LogP contribution in [0.25, 0.3) is 0 Å². The maximum absolute atomic E-state index is 10.8. The normalized spacial score (nSPS) is 23.5. The van der Waals surface area contributed by atoms with Crippen LogP contribution in [-0.4, -0.2) is 43.4 Å². The van der Waals surface area contributed by atoms with Gasteiger partial charge in [-0.3, -0.25) is 0 Å².